The lowest BCUT2D eigenvalue weighted by Crippen LogP contribution is -2.24. The molecule has 1 aliphatic carbocycles. The third-order valence-corrected chi connectivity index (χ3v) is 1.56. The quantitative estimate of drug-likeness (QED) is 0.442. The zero-order chi connectivity index (χ0) is 7.40. The fraction of sp³-hybridized carbons (Fsp3) is 0.625. The van der Waals surface area contributed by atoms with E-state index in [-0.39, 0.29) is 0 Å². The molecule has 2 heteroatoms. The van der Waals surface area contributed by atoms with Gasteiger partial charge in [0, 0.05) is 5.92 Å². The first-order chi connectivity index (χ1) is 4.84. The highest BCUT2D eigenvalue weighted by Crippen LogP contribution is 2.29. The normalized spacial score (nSPS) is 16.3. The minimum absolute atomic E-state index is 0.315. The van der Waals surface area contributed by atoms with Crippen LogP contribution in [0.25, 0.3) is 0 Å². The molecule has 0 saturated heterocycles. The summed E-state index contributed by atoms with van der Waals surface area (Å²) >= 11 is 0. The Morgan fingerprint density at radius 2 is 2.40 bits per heavy atom. The molecule has 0 bridgehead atoms. The number of carbonyl (C=O) groups is 1. The van der Waals surface area contributed by atoms with Crippen molar-refractivity contribution >= 4 is 5.78 Å². The van der Waals surface area contributed by atoms with Gasteiger partial charge in [-0.15, -0.1) is 6.42 Å². The van der Waals surface area contributed by atoms with Gasteiger partial charge in [0.25, 0.3) is 0 Å². The molecule has 0 heterocycles. The van der Waals surface area contributed by atoms with Gasteiger partial charge in [-0.05, 0) is 12.8 Å². The van der Waals surface area contributed by atoms with Crippen molar-refractivity contribution < 1.29 is 4.79 Å². The number of ketones is 1. The SMILES string of the molecule is C#CCNCC(=O)C1CC1. The third kappa shape index (κ3) is 2.20. The molecule has 0 aromatic carbocycles. The molecule has 1 fully saturated rings. The van der Waals surface area contributed by atoms with E-state index in [1.165, 1.54) is 0 Å². The monoisotopic (exact) mass is 137 g/mol. The predicted molar refractivity (Wildman–Crippen MR) is 39.4 cm³/mol. The Morgan fingerprint density at radius 1 is 1.70 bits per heavy atom. The second-order valence-electron chi connectivity index (χ2n) is 2.55. The Bertz CT molecular complexity index is 165. The maximum absolute atomic E-state index is 10.9. The number of hydrogen-bond acceptors (Lipinski definition) is 2. The number of Topliss-reactive ketones (excluding diaryl/α,β-unsaturated/α-hetero) is 1. The summed E-state index contributed by atoms with van der Waals surface area (Å²) in [5, 5.41) is 2.87. The molecule has 1 N–H and O–H groups in total. The fourth-order valence-corrected chi connectivity index (χ4v) is 0.808. The molecule has 0 amide bonds. The minimum atomic E-state index is 0.315. The van der Waals surface area contributed by atoms with Crippen LogP contribution in [0.1, 0.15) is 12.8 Å². The molecule has 0 radical (unpaired) electrons. The summed E-state index contributed by atoms with van der Waals surface area (Å²) in [5.74, 6) is 3.09. The Kier molecular flexibility index (Phi) is 2.47. The molecule has 0 aromatic heterocycles. The lowest BCUT2D eigenvalue weighted by atomic mass is 10.3. The van der Waals surface area contributed by atoms with Crippen LogP contribution in [0.5, 0.6) is 0 Å². The van der Waals surface area contributed by atoms with Crippen LogP contribution in [0.3, 0.4) is 0 Å². The van der Waals surface area contributed by atoms with E-state index in [9.17, 15) is 4.79 Å². The van der Waals surface area contributed by atoms with Crippen LogP contribution < -0.4 is 5.32 Å². The van der Waals surface area contributed by atoms with Crippen molar-refractivity contribution in [2.75, 3.05) is 13.1 Å². The first-order valence-electron chi connectivity index (χ1n) is 3.51. The highest BCUT2D eigenvalue weighted by Gasteiger charge is 2.28. The minimum Gasteiger partial charge on any atom is -0.299 e. The Labute approximate surface area is 61.0 Å². The smallest absolute Gasteiger partial charge is 0.149 e. The van der Waals surface area contributed by atoms with E-state index in [2.05, 4.69) is 11.2 Å². The van der Waals surface area contributed by atoms with Gasteiger partial charge in [0.05, 0.1) is 13.1 Å². The first kappa shape index (κ1) is 7.30. The number of nitrogens with one attached hydrogen (secondary N) is 1. The van der Waals surface area contributed by atoms with Gasteiger partial charge in [0.15, 0.2) is 0 Å². The topological polar surface area (TPSA) is 29.1 Å². The van der Waals surface area contributed by atoms with Crippen LogP contribution in [-0.2, 0) is 4.79 Å². The summed E-state index contributed by atoms with van der Waals surface area (Å²) in [4.78, 5) is 10.9. The Hall–Kier alpha value is -0.810. The summed E-state index contributed by atoms with van der Waals surface area (Å²) < 4.78 is 0. The van der Waals surface area contributed by atoms with Gasteiger partial charge in [-0.1, -0.05) is 5.92 Å². The Balaban J connectivity index is 2.02. The molecule has 1 saturated carbocycles. The van der Waals surface area contributed by atoms with E-state index in [4.69, 9.17) is 6.42 Å². The summed E-state index contributed by atoms with van der Waals surface area (Å²) in [7, 11) is 0. The maximum Gasteiger partial charge on any atom is 0.149 e. The first-order valence-corrected chi connectivity index (χ1v) is 3.51. The average Bonchev–Trinajstić information content (AvgIpc) is 2.69. The van der Waals surface area contributed by atoms with E-state index in [0.29, 0.717) is 24.8 Å². The van der Waals surface area contributed by atoms with Crippen molar-refractivity contribution in [2.45, 2.75) is 12.8 Å². The summed E-state index contributed by atoms with van der Waals surface area (Å²) in [5.41, 5.74) is 0. The van der Waals surface area contributed by atoms with Gasteiger partial charge < -0.3 is 0 Å². The molecular formula is C8H11NO. The molecule has 0 spiro atoms. The predicted octanol–water partition coefficient (Wildman–Crippen LogP) is 0.188. The molecule has 0 aromatic rings. The molecule has 0 aliphatic heterocycles. The van der Waals surface area contributed by atoms with Crippen LogP contribution >= 0.6 is 0 Å². The van der Waals surface area contributed by atoms with E-state index in [1.807, 2.05) is 0 Å². The number of terminal acetylenes is 1. The van der Waals surface area contributed by atoms with Crippen LogP contribution in [0, 0.1) is 18.3 Å². The van der Waals surface area contributed by atoms with E-state index < -0.39 is 0 Å². The molecule has 2 nitrogen and oxygen atoms in total. The van der Waals surface area contributed by atoms with Gasteiger partial charge >= 0.3 is 0 Å². The number of rotatable bonds is 4. The summed E-state index contributed by atoms with van der Waals surface area (Å²) in [6, 6.07) is 0. The Morgan fingerprint density at radius 3 is 2.90 bits per heavy atom. The van der Waals surface area contributed by atoms with E-state index >= 15 is 0 Å². The van der Waals surface area contributed by atoms with Crippen molar-refractivity contribution in [3.8, 4) is 12.3 Å². The van der Waals surface area contributed by atoms with Crippen LogP contribution in [0.15, 0.2) is 0 Å². The van der Waals surface area contributed by atoms with Crippen molar-refractivity contribution in [2.24, 2.45) is 5.92 Å². The third-order valence-electron chi connectivity index (χ3n) is 1.56. The van der Waals surface area contributed by atoms with Crippen LogP contribution in [-0.4, -0.2) is 18.9 Å². The second kappa shape index (κ2) is 3.38. The van der Waals surface area contributed by atoms with Gasteiger partial charge in [-0.2, -0.15) is 0 Å². The average molecular weight is 137 g/mol. The molecular weight excluding hydrogens is 126 g/mol. The summed E-state index contributed by atoms with van der Waals surface area (Å²) in [6.07, 6.45) is 7.14. The van der Waals surface area contributed by atoms with Gasteiger partial charge in [0.1, 0.15) is 5.78 Å². The standard InChI is InChI=1S/C8H11NO/c1-2-5-9-6-8(10)7-3-4-7/h1,7,9H,3-6H2. The van der Waals surface area contributed by atoms with Gasteiger partial charge in [0.2, 0.25) is 0 Å². The van der Waals surface area contributed by atoms with Crippen molar-refractivity contribution in [3.05, 3.63) is 0 Å². The molecule has 1 aliphatic rings. The molecule has 0 unspecified atom stereocenters. The second-order valence-corrected chi connectivity index (χ2v) is 2.55. The van der Waals surface area contributed by atoms with E-state index in [1.54, 1.807) is 0 Å². The van der Waals surface area contributed by atoms with Gasteiger partial charge in [-0.3, -0.25) is 10.1 Å². The lowest BCUT2D eigenvalue weighted by molar-refractivity contribution is -0.119. The van der Waals surface area contributed by atoms with Crippen molar-refractivity contribution in [1.29, 1.82) is 0 Å². The molecule has 54 valence electrons. The number of hydrogen-bond donors (Lipinski definition) is 1. The van der Waals surface area contributed by atoms with E-state index in [0.717, 1.165) is 12.8 Å². The van der Waals surface area contributed by atoms with Crippen LogP contribution in [0.2, 0.25) is 0 Å². The molecule has 1 rings (SSSR count). The molecule has 10 heavy (non-hydrogen) atoms. The van der Waals surface area contributed by atoms with Crippen LogP contribution in [0.4, 0.5) is 0 Å². The maximum atomic E-state index is 10.9. The fourth-order valence-electron chi connectivity index (χ4n) is 0.808. The van der Waals surface area contributed by atoms with Crippen molar-refractivity contribution in [3.63, 3.8) is 0 Å². The van der Waals surface area contributed by atoms with Gasteiger partial charge in [-0.25, -0.2) is 0 Å². The zero-order valence-electron chi connectivity index (χ0n) is 5.89. The largest absolute Gasteiger partial charge is 0.299 e. The molecule has 0 atom stereocenters. The highest BCUT2D eigenvalue weighted by molar-refractivity contribution is 5.84. The highest BCUT2D eigenvalue weighted by atomic mass is 16.1. The zero-order valence-corrected chi connectivity index (χ0v) is 5.89. The van der Waals surface area contributed by atoms with Crippen molar-refractivity contribution in [1.82, 2.24) is 5.32 Å². The lowest BCUT2D eigenvalue weighted by Gasteiger charge is -1.96. The summed E-state index contributed by atoms with van der Waals surface area (Å²) in [6.45, 7) is 0.952. The number of carbonyl (C=O) groups excluding carboxylic acids is 1.